The van der Waals surface area contributed by atoms with Gasteiger partial charge < -0.3 is 10.2 Å². The highest BCUT2D eigenvalue weighted by molar-refractivity contribution is 7.92. The number of carbonyl (C=O) groups excluding carboxylic acids is 1. The van der Waals surface area contributed by atoms with E-state index in [0.717, 1.165) is 38.0 Å². The molecule has 0 radical (unpaired) electrons. The molecule has 0 aliphatic carbocycles. The van der Waals surface area contributed by atoms with E-state index in [4.69, 9.17) is 16.9 Å². The van der Waals surface area contributed by atoms with Crippen LogP contribution in [0.3, 0.4) is 0 Å². The molecule has 0 saturated carbocycles. The maximum atomic E-state index is 13.1. The predicted molar refractivity (Wildman–Crippen MR) is 134 cm³/mol. The molecule has 1 fully saturated rings. The molecule has 1 saturated heterocycles. The van der Waals surface area contributed by atoms with E-state index in [1.54, 1.807) is 60.7 Å². The number of rotatable bonds is 6. The van der Waals surface area contributed by atoms with Gasteiger partial charge in [0.15, 0.2) is 0 Å². The first-order valence-corrected chi connectivity index (χ1v) is 12.7. The monoisotopic (exact) mass is 494 g/mol. The number of hydrogen-bond acceptors (Lipinski definition) is 5. The summed E-state index contributed by atoms with van der Waals surface area (Å²) < 4.78 is 28.6. The molecule has 3 aromatic carbocycles. The van der Waals surface area contributed by atoms with Crippen LogP contribution in [0, 0.1) is 11.3 Å². The maximum Gasteiger partial charge on any atom is 0.261 e. The Morgan fingerprint density at radius 3 is 2.26 bits per heavy atom. The molecule has 7 nitrogen and oxygen atoms in total. The fourth-order valence-corrected chi connectivity index (χ4v) is 5.03. The second kappa shape index (κ2) is 10.2. The summed E-state index contributed by atoms with van der Waals surface area (Å²) in [6.45, 7) is 1.66. The first-order valence-electron chi connectivity index (χ1n) is 10.8. The normalized spacial score (nSPS) is 13.7. The summed E-state index contributed by atoms with van der Waals surface area (Å²) in [5.74, 6) is -0.386. The Labute approximate surface area is 204 Å². The number of hydrogen-bond donors (Lipinski definition) is 2. The SMILES string of the molecule is N#Cc1ccc(C(=O)Nc2cc(S(=O)(=O)Nc3ccc(Cl)cc3)ccc2N2CCCCC2)cc1. The number of carbonyl (C=O) groups is 1. The maximum absolute atomic E-state index is 13.1. The van der Waals surface area contributed by atoms with Crippen LogP contribution in [0.15, 0.2) is 71.6 Å². The third-order valence-corrected chi connectivity index (χ3v) is 7.23. The third kappa shape index (κ3) is 5.50. The van der Waals surface area contributed by atoms with E-state index in [9.17, 15) is 13.2 Å². The molecule has 1 heterocycles. The van der Waals surface area contributed by atoms with Crippen molar-refractivity contribution in [2.24, 2.45) is 0 Å². The summed E-state index contributed by atoms with van der Waals surface area (Å²) in [5, 5.41) is 12.4. The number of amides is 1. The second-order valence-corrected chi connectivity index (χ2v) is 10.1. The molecule has 0 unspecified atom stereocenters. The first kappa shape index (κ1) is 23.6. The Bertz CT molecular complexity index is 1330. The largest absolute Gasteiger partial charge is 0.370 e. The van der Waals surface area contributed by atoms with Crippen molar-refractivity contribution >= 4 is 44.6 Å². The van der Waals surface area contributed by atoms with Crippen LogP contribution >= 0.6 is 11.6 Å². The molecule has 4 rings (SSSR count). The van der Waals surface area contributed by atoms with Crippen molar-refractivity contribution in [2.75, 3.05) is 28.0 Å². The second-order valence-electron chi connectivity index (χ2n) is 7.98. The van der Waals surface area contributed by atoms with Crippen LogP contribution in [0.2, 0.25) is 5.02 Å². The Kier molecular flexibility index (Phi) is 7.06. The molecule has 0 bridgehead atoms. The minimum atomic E-state index is -3.90. The van der Waals surface area contributed by atoms with Crippen LogP contribution in [0.5, 0.6) is 0 Å². The predicted octanol–water partition coefficient (Wildman–Crippen LogP) is 5.26. The van der Waals surface area contributed by atoms with Gasteiger partial charge in [0.1, 0.15) is 0 Å². The molecule has 1 amide bonds. The number of piperidine rings is 1. The van der Waals surface area contributed by atoms with E-state index >= 15 is 0 Å². The summed E-state index contributed by atoms with van der Waals surface area (Å²) in [5.41, 5.74) is 2.39. The highest BCUT2D eigenvalue weighted by Gasteiger charge is 2.21. The highest BCUT2D eigenvalue weighted by Crippen LogP contribution is 2.32. The molecule has 34 heavy (non-hydrogen) atoms. The highest BCUT2D eigenvalue weighted by atomic mass is 35.5. The van der Waals surface area contributed by atoms with Gasteiger partial charge in [-0.15, -0.1) is 0 Å². The standard InChI is InChI=1S/C25H23ClN4O3S/c26-20-8-10-21(11-9-20)29-34(32,33)22-12-13-24(30-14-2-1-3-15-30)23(16-22)28-25(31)19-6-4-18(17-27)5-7-19/h4-13,16,29H,1-3,14-15H2,(H,28,31). The minimum Gasteiger partial charge on any atom is -0.370 e. The van der Waals surface area contributed by atoms with E-state index in [1.807, 2.05) is 6.07 Å². The van der Waals surface area contributed by atoms with Crippen LogP contribution in [0.1, 0.15) is 35.2 Å². The molecule has 174 valence electrons. The number of benzene rings is 3. The zero-order valence-electron chi connectivity index (χ0n) is 18.3. The first-order chi connectivity index (χ1) is 16.4. The van der Waals surface area contributed by atoms with Gasteiger partial charge in [0.2, 0.25) is 0 Å². The van der Waals surface area contributed by atoms with Crippen LogP contribution in [0.4, 0.5) is 17.1 Å². The zero-order chi connectivity index (χ0) is 24.1. The molecular formula is C25H23ClN4O3S. The average Bonchev–Trinajstić information content (AvgIpc) is 2.86. The van der Waals surface area contributed by atoms with Gasteiger partial charge >= 0.3 is 0 Å². The van der Waals surface area contributed by atoms with E-state index < -0.39 is 10.0 Å². The lowest BCUT2D eigenvalue weighted by molar-refractivity contribution is 0.102. The average molecular weight is 495 g/mol. The molecule has 0 spiro atoms. The molecule has 1 aliphatic rings. The molecule has 3 aromatic rings. The van der Waals surface area contributed by atoms with E-state index in [0.29, 0.717) is 27.5 Å². The Morgan fingerprint density at radius 1 is 0.941 bits per heavy atom. The molecular weight excluding hydrogens is 472 g/mol. The molecule has 0 atom stereocenters. The van der Waals surface area contributed by atoms with Gasteiger partial charge in [-0.3, -0.25) is 9.52 Å². The number of sulfonamides is 1. The summed E-state index contributed by atoms with van der Waals surface area (Å²) in [6.07, 6.45) is 3.20. The van der Waals surface area contributed by atoms with Crippen molar-refractivity contribution in [3.63, 3.8) is 0 Å². The number of nitriles is 1. The summed E-state index contributed by atoms with van der Waals surface area (Å²) in [4.78, 5) is 15.1. The van der Waals surface area contributed by atoms with Gasteiger partial charge in [-0.1, -0.05) is 11.6 Å². The molecule has 1 aliphatic heterocycles. The van der Waals surface area contributed by atoms with Gasteiger partial charge in [0.25, 0.3) is 15.9 Å². The lowest BCUT2D eigenvalue weighted by Crippen LogP contribution is -2.30. The Balaban J connectivity index is 1.66. The summed E-state index contributed by atoms with van der Waals surface area (Å²) in [6, 6.07) is 19.4. The molecule has 2 N–H and O–H groups in total. The van der Waals surface area contributed by atoms with Crippen LogP contribution in [-0.4, -0.2) is 27.4 Å². The number of nitrogens with one attached hydrogen (secondary N) is 2. The number of nitrogens with zero attached hydrogens (tertiary/aromatic N) is 2. The van der Waals surface area contributed by atoms with Crippen LogP contribution < -0.4 is 14.9 Å². The van der Waals surface area contributed by atoms with Gasteiger partial charge in [-0.2, -0.15) is 5.26 Å². The van der Waals surface area contributed by atoms with Crippen LogP contribution in [-0.2, 0) is 10.0 Å². The summed E-state index contributed by atoms with van der Waals surface area (Å²) >= 11 is 5.89. The Hall–Kier alpha value is -3.54. The van der Waals surface area contributed by atoms with E-state index in [-0.39, 0.29) is 10.8 Å². The van der Waals surface area contributed by atoms with Crippen molar-refractivity contribution in [3.8, 4) is 6.07 Å². The van der Waals surface area contributed by atoms with Crippen molar-refractivity contribution < 1.29 is 13.2 Å². The zero-order valence-corrected chi connectivity index (χ0v) is 19.9. The lowest BCUT2D eigenvalue weighted by atomic mass is 10.1. The topological polar surface area (TPSA) is 102 Å². The quantitative estimate of drug-likeness (QED) is 0.487. The lowest BCUT2D eigenvalue weighted by Gasteiger charge is -2.31. The van der Waals surface area contributed by atoms with Gasteiger partial charge in [-0.05, 0) is 86.0 Å². The van der Waals surface area contributed by atoms with Crippen molar-refractivity contribution in [1.82, 2.24) is 0 Å². The van der Waals surface area contributed by atoms with Crippen molar-refractivity contribution in [2.45, 2.75) is 24.2 Å². The van der Waals surface area contributed by atoms with Gasteiger partial charge in [0.05, 0.1) is 27.9 Å². The molecule has 0 aromatic heterocycles. The summed E-state index contributed by atoms with van der Waals surface area (Å²) in [7, 11) is -3.90. The van der Waals surface area contributed by atoms with Crippen LogP contribution in [0.25, 0.3) is 0 Å². The Morgan fingerprint density at radius 2 is 1.62 bits per heavy atom. The van der Waals surface area contributed by atoms with E-state index in [1.165, 1.54) is 6.07 Å². The van der Waals surface area contributed by atoms with E-state index in [2.05, 4.69) is 14.9 Å². The fraction of sp³-hybridized carbons (Fsp3) is 0.200. The number of anilines is 3. The van der Waals surface area contributed by atoms with Crippen molar-refractivity contribution in [1.29, 1.82) is 5.26 Å². The van der Waals surface area contributed by atoms with Gasteiger partial charge in [-0.25, -0.2) is 8.42 Å². The number of halogens is 1. The van der Waals surface area contributed by atoms with Crippen molar-refractivity contribution in [3.05, 3.63) is 82.9 Å². The smallest absolute Gasteiger partial charge is 0.261 e. The molecule has 9 heteroatoms. The fourth-order valence-electron chi connectivity index (χ4n) is 3.82. The van der Waals surface area contributed by atoms with Gasteiger partial charge in [0, 0.05) is 29.4 Å². The third-order valence-electron chi connectivity index (χ3n) is 5.60. The minimum absolute atomic E-state index is 0.0262.